The number of rotatable bonds is 7. The van der Waals surface area contributed by atoms with Gasteiger partial charge in [0, 0.05) is 19.2 Å². The molecule has 1 saturated carbocycles. The highest BCUT2D eigenvalue weighted by Crippen LogP contribution is 2.28. The Morgan fingerprint density at radius 1 is 1.38 bits per heavy atom. The van der Waals surface area contributed by atoms with E-state index in [1.165, 1.54) is 12.1 Å². The van der Waals surface area contributed by atoms with Crippen LogP contribution in [0, 0.1) is 0 Å². The van der Waals surface area contributed by atoms with E-state index >= 15 is 0 Å². The smallest absolute Gasteiger partial charge is 0.406 e. The average Bonchev–Trinajstić information content (AvgIpc) is 3.49. The molecule has 2 aromatic rings. The fraction of sp³-hybridized carbons (Fsp3) is 0.389. The number of hydrogen-bond donors (Lipinski definition) is 3. The molecule has 1 aromatic heterocycles. The van der Waals surface area contributed by atoms with E-state index in [-0.39, 0.29) is 17.7 Å². The molecule has 3 rings (SSSR count). The van der Waals surface area contributed by atoms with E-state index in [4.69, 9.17) is 0 Å². The zero-order valence-corrected chi connectivity index (χ0v) is 15.4. The van der Waals surface area contributed by atoms with Crippen molar-refractivity contribution in [1.82, 2.24) is 15.3 Å². The van der Waals surface area contributed by atoms with Gasteiger partial charge >= 0.3 is 6.36 Å². The number of aromatic amines is 1. The molecule has 1 atom stereocenters. The number of aliphatic hydroxyl groups excluding tert-OH is 1. The number of nitrogens with one attached hydrogen (secondary N) is 2. The normalized spacial score (nSPS) is 14.9. The first-order valence-electron chi connectivity index (χ1n) is 8.78. The number of halogens is 3. The fourth-order valence-corrected chi connectivity index (χ4v) is 2.73. The lowest BCUT2D eigenvalue weighted by Gasteiger charge is -2.19. The number of aliphatic hydroxyl groups is 1. The third-order valence-electron chi connectivity index (χ3n) is 4.39. The monoisotopic (exact) mass is 412 g/mol. The molecule has 0 aliphatic heterocycles. The van der Waals surface area contributed by atoms with E-state index in [9.17, 15) is 27.9 Å². The lowest BCUT2D eigenvalue weighted by atomic mass is 10.1. The van der Waals surface area contributed by atoms with Crippen LogP contribution in [0.2, 0.25) is 0 Å². The summed E-state index contributed by atoms with van der Waals surface area (Å²) in [6, 6.07) is 5.12. The SMILES string of the molecule is CN(c1nc(C(=O)N[C@H](CO)c2ccc(OC(F)(F)F)cc2)cc(=O)[nH]1)C1CC1. The summed E-state index contributed by atoms with van der Waals surface area (Å²) >= 11 is 0. The number of alkyl halides is 3. The topological polar surface area (TPSA) is 108 Å². The van der Waals surface area contributed by atoms with Crippen LogP contribution in [0.15, 0.2) is 35.1 Å². The van der Waals surface area contributed by atoms with E-state index in [1.54, 1.807) is 11.9 Å². The van der Waals surface area contributed by atoms with Crippen LogP contribution in [-0.2, 0) is 0 Å². The molecular weight excluding hydrogens is 393 g/mol. The first kappa shape index (κ1) is 20.6. The Morgan fingerprint density at radius 3 is 2.59 bits per heavy atom. The third kappa shape index (κ3) is 5.47. The largest absolute Gasteiger partial charge is 0.573 e. The summed E-state index contributed by atoms with van der Waals surface area (Å²) in [6.07, 6.45) is -2.88. The van der Waals surface area contributed by atoms with Crippen LogP contribution in [0.3, 0.4) is 0 Å². The van der Waals surface area contributed by atoms with Gasteiger partial charge in [0.2, 0.25) is 5.95 Å². The molecule has 0 spiro atoms. The van der Waals surface area contributed by atoms with Gasteiger partial charge in [-0.25, -0.2) is 4.98 Å². The van der Waals surface area contributed by atoms with Crippen molar-refractivity contribution in [2.24, 2.45) is 0 Å². The molecule has 0 unspecified atom stereocenters. The minimum Gasteiger partial charge on any atom is -0.406 e. The van der Waals surface area contributed by atoms with E-state index in [1.807, 2.05) is 0 Å². The molecule has 1 aromatic carbocycles. The van der Waals surface area contributed by atoms with Gasteiger partial charge in [0.25, 0.3) is 11.5 Å². The van der Waals surface area contributed by atoms with E-state index < -0.39 is 36.2 Å². The highest BCUT2D eigenvalue weighted by molar-refractivity contribution is 5.92. The average molecular weight is 412 g/mol. The Labute approximate surface area is 163 Å². The van der Waals surface area contributed by atoms with Crippen LogP contribution in [0.1, 0.15) is 34.9 Å². The van der Waals surface area contributed by atoms with Crippen molar-refractivity contribution in [2.75, 3.05) is 18.6 Å². The number of ether oxygens (including phenoxy) is 1. The number of benzene rings is 1. The summed E-state index contributed by atoms with van der Waals surface area (Å²) in [6.45, 7) is -0.511. The van der Waals surface area contributed by atoms with Crippen molar-refractivity contribution in [3.05, 3.63) is 51.9 Å². The maximum atomic E-state index is 12.5. The summed E-state index contributed by atoms with van der Waals surface area (Å²) in [5, 5.41) is 12.1. The minimum atomic E-state index is -4.82. The molecule has 1 amide bonds. The number of hydrogen-bond acceptors (Lipinski definition) is 6. The fourth-order valence-electron chi connectivity index (χ4n) is 2.73. The molecule has 8 nitrogen and oxygen atoms in total. The maximum absolute atomic E-state index is 12.5. The number of H-pyrrole nitrogens is 1. The minimum absolute atomic E-state index is 0.133. The van der Waals surface area contributed by atoms with Crippen LogP contribution < -0.4 is 20.5 Å². The number of carbonyl (C=O) groups excluding carboxylic acids is 1. The van der Waals surface area contributed by atoms with Crippen LogP contribution in [0.4, 0.5) is 19.1 Å². The molecule has 1 fully saturated rings. The Kier molecular flexibility index (Phi) is 5.78. The van der Waals surface area contributed by atoms with E-state index in [0.29, 0.717) is 5.56 Å². The third-order valence-corrected chi connectivity index (χ3v) is 4.39. The molecule has 11 heteroatoms. The quantitative estimate of drug-likeness (QED) is 0.639. The molecule has 0 radical (unpaired) electrons. The first-order chi connectivity index (χ1) is 13.7. The standard InChI is InChI=1S/C18H19F3N4O4/c1-25(11-4-5-11)17-23-13(8-15(27)24-17)16(28)22-14(9-26)10-2-6-12(7-3-10)29-18(19,20)21/h2-3,6-8,11,14,26H,4-5,9H2,1H3,(H,22,28)(H,23,24,27)/t14-/m1/s1. The second kappa shape index (κ2) is 8.11. The molecule has 1 aliphatic carbocycles. The summed E-state index contributed by atoms with van der Waals surface area (Å²) in [5.41, 5.74) is -0.274. The van der Waals surface area contributed by atoms with Gasteiger partial charge in [0.05, 0.1) is 12.6 Å². The Balaban J connectivity index is 1.73. The lowest BCUT2D eigenvalue weighted by molar-refractivity contribution is -0.274. The summed E-state index contributed by atoms with van der Waals surface area (Å²) in [4.78, 5) is 32.9. The van der Waals surface area contributed by atoms with Gasteiger partial charge in [-0.05, 0) is 30.5 Å². The van der Waals surface area contributed by atoms with Crippen molar-refractivity contribution in [1.29, 1.82) is 0 Å². The summed E-state index contributed by atoms with van der Waals surface area (Å²) in [7, 11) is 1.76. The number of carbonyl (C=O) groups is 1. The van der Waals surface area contributed by atoms with Crippen molar-refractivity contribution in [3.63, 3.8) is 0 Å². The highest BCUT2D eigenvalue weighted by Gasteiger charge is 2.31. The van der Waals surface area contributed by atoms with Gasteiger partial charge in [-0.1, -0.05) is 12.1 Å². The van der Waals surface area contributed by atoms with Crippen molar-refractivity contribution < 1.29 is 27.8 Å². The second-order valence-electron chi connectivity index (χ2n) is 6.62. The van der Waals surface area contributed by atoms with Gasteiger partial charge in [0.15, 0.2) is 0 Å². The highest BCUT2D eigenvalue weighted by atomic mass is 19.4. The first-order valence-corrected chi connectivity index (χ1v) is 8.78. The number of nitrogens with zero attached hydrogens (tertiary/aromatic N) is 2. The predicted octanol–water partition coefficient (Wildman–Crippen LogP) is 1.73. The predicted molar refractivity (Wildman–Crippen MR) is 96.7 cm³/mol. The molecule has 1 heterocycles. The van der Waals surface area contributed by atoms with Gasteiger partial charge in [-0.2, -0.15) is 0 Å². The zero-order chi connectivity index (χ0) is 21.2. The van der Waals surface area contributed by atoms with Crippen LogP contribution >= 0.6 is 0 Å². The summed E-state index contributed by atoms with van der Waals surface area (Å²) in [5.74, 6) is -0.858. The van der Waals surface area contributed by atoms with Crippen LogP contribution in [0.25, 0.3) is 0 Å². The van der Waals surface area contributed by atoms with Crippen molar-refractivity contribution in [2.45, 2.75) is 31.3 Å². The molecular formula is C18H19F3N4O4. The molecule has 0 bridgehead atoms. The summed E-state index contributed by atoms with van der Waals surface area (Å²) < 4.78 is 40.5. The zero-order valence-electron chi connectivity index (χ0n) is 15.4. The Bertz CT molecular complexity index is 926. The molecule has 156 valence electrons. The van der Waals surface area contributed by atoms with E-state index in [0.717, 1.165) is 31.0 Å². The van der Waals surface area contributed by atoms with Gasteiger partial charge in [-0.3, -0.25) is 14.6 Å². The van der Waals surface area contributed by atoms with Crippen LogP contribution in [-0.4, -0.2) is 47.0 Å². The van der Waals surface area contributed by atoms with Crippen molar-refractivity contribution >= 4 is 11.9 Å². The number of anilines is 1. The van der Waals surface area contributed by atoms with Gasteiger partial charge < -0.3 is 20.1 Å². The van der Waals surface area contributed by atoms with Gasteiger partial charge in [0.1, 0.15) is 11.4 Å². The Morgan fingerprint density at radius 2 is 2.03 bits per heavy atom. The second-order valence-corrected chi connectivity index (χ2v) is 6.62. The van der Waals surface area contributed by atoms with E-state index in [2.05, 4.69) is 20.0 Å². The number of amides is 1. The molecule has 1 aliphatic rings. The molecule has 29 heavy (non-hydrogen) atoms. The van der Waals surface area contributed by atoms with Gasteiger partial charge in [-0.15, -0.1) is 13.2 Å². The maximum Gasteiger partial charge on any atom is 0.573 e. The Hall–Kier alpha value is -3.08. The van der Waals surface area contributed by atoms with Crippen LogP contribution in [0.5, 0.6) is 5.75 Å². The molecule has 3 N–H and O–H groups in total. The van der Waals surface area contributed by atoms with Crippen molar-refractivity contribution in [3.8, 4) is 5.75 Å². The number of aromatic nitrogens is 2. The lowest BCUT2D eigenvalue weighted by Crippen LogP contribution is -2.33. The molecule has 0 saturated heterocycles.